The summed E-state index contributed by atoms with van der Waals surface area (Å²) < 4.78 is 13.3. The molecule has 0 fully saturated rings. The van der Waals surface area contributed by atoms with Gasteiger partial charge in [0.2, 0.25) is 8.32 Å². The molecule has 3 rings (SSSR count). The van der Waals surface area contributed by atoms with Crippen molar-refractivity contribution in [2.75, 3.05) is 11.9 Å². The monoisotopic (exact) mass is 567 g/mol. The fourth-order valence-electron chi connectivity index (χ4n) is 3.82. The lowest BCUT2D eigenvalue weighted by Gasteiger charge is -2.39. The molecule has 0 radical (unpaired) electrons. The lowest BCUT2D eigenvalue weighted by Crippen LogP contribution is -2.46. The molecule has 0 aliphatic heterocycles. The number of pyridine rings is 1. The SMILES string of the molecule is CC(C)(C)[Si](C)(C)Oc1ccc(CC(CNc2c([N+](=O)[O-])cnc3ccccc23)O[Si](C)(C)C(C)(C)C)cc1. The maximum atomic E-state index is 11.8. The van der Waals surface area contributed by atoms with Gasteiger partial charge in [0.15, 0.2) is 8.32 Å². The van der Waals surface area contributed by atoms with Gasteiger partial charge in [0.1, 0.15) is 17.6 Å². The molecule has 1 heterocycles. The van der Waals surface area contributed by atoms with E-state index in [2.05, 4.69) is 90.2 Å². The van der Waals surface area contributed by atoms with Crippen molar-refractivity contribution < 1.29 is 13.8 Å². The molecule has 0 saturated heterocycles. The zero-order chi connectivity index (χ0) is 29.2. The number of anilines is 1. The van der Waals surface area contributed by atoms with E-state index < -0.39 is 16.6 Å². The summed E-state index contributed by atoms with van der Waals surface area (Å²) in [6.45, 7) is 22.8. The average Bonchev–Trinajstić information content (AvgIpc) is 2.81. The van der Waals surface area contributed by atoms with Crippen molar-refractivity contribution in [1.29, 1.82) is 0 Å². The van der Waals surface area contributed by atoms with E-state index in [-0.39, 0.29) is 26.8 Å². The Morgan fingerprint density at radius 1 is 0.923 bits per heavy atom. The molecule has 0 aliphatic carbocycles. The molecule has 1 N–H and O–H groups in total. The number of para-hydroxylation sites is 1. The summed E-state index contributed by atoms with van der Waals surface area (Å²) in [5.41, 5.74) is 2.29. The molecule has 1 unspecified atom stereocenters. The molecule has 9 heteroatoms. The number of nitrogens with zero attached hydrogens (tertiary/aromatic N) is 2. The second kappa shape index (κ2) is 11.4. The topological polar surface area (TPSA) is 86.5 Å². The van der Waals surface area contributed by atoms with Gasteiger partial charge in [0.05, 0.1) is 16.5 Å². The summed E-state index contributed by atoms with van der Waals surface area (Å²) in [5.74, 6) is 0.893. The van der Waals surface area contributed by atoms with Gasteiger partial charge in [-0.3, -0.25) is 10.1 Å². The molecule has 0 amide bonds. The maximum Gasteiger partial charge on any atom is 0.311 e. The highest BCUT2D eigenvalue weighted by Gasteiger charge is 2.40. The van der Waals surface area contributed by atoms with Gasteiger partial charge in [0, 0.05) is 11.9 Å². The quantitative estimate of drug-likeness (QED) is 0.150. The minimum Gasteiger partial charge on any atom is -0.544 e. The zero-order valence-electron chi connectivity index (χ0n) is 25.2. The van der Waals surface area contributed by atoms with Crippen molar-refractivity contribution in [2.24, 2.45) is 0 Å². The number of nitro groups is 1. The first-order valence-corrected chi connectivity index (χ1v) is 19.4. The third-order valence-corrected chi connectivity index (χ3v) is 17.2. The Labute approximate surface area is 235 Å². The normalized spacial score (nSPS) is 13.8. The van der Waals surface area contributed by atoms with Crippen LogP contribution in [-0.2, 0) is 10.8 Å². The Morgan fingerprint density at radius 3 is 2.08 bits per heavy atom. The minimum absolute atomic E-state index is 0.0292. The van der Waals surface area contributed by atoms with Crippen LogP contribution in [0.3, 0.4) is 0 Å². The van der Waals surface area contributed by atoms with E-state index in [1.807, 2.05) is 36.4 Å². The van der Waals surface area contributed by atoms with Crippen LogP contribution in [0.5, 0.6) is 5.75 Å². The molecule has 7 nitrogen and oxygen atoms in total. The van der Waals surface area contributed by atoms with Crippen molar-refractivity contribution in [3.63, 3.8) is 0 Å². The van der Waals surface area contributed by atoms with Gasteiger partial charge in [-0.2, -0.15) is 0 Å². The predicted octanol–water partition coefficient (Wildman–Crippen LogP) is 8.57. The number of hydrogen-bond donors (Lipinski definition) is 1. The Morgan fingerprint density at radius 2 is 1.51 bits per heavy atom. The summed E-state index contributed by atoms with van der Waals surface area (Å²) in [7, 11) is -4.04. The Hall–Kier alpha value is -2.76. The van der Waals surface area contributed by atoms with Gasteiger partial charge in [-0.05, 0) is 66.4 Å². The predicted molar refractivity (Wildman–Crippen MR) is 167 cm³/mol. The fourth-order valence-corrected chi connectivity index (χ4v) is 6.21. The lowest BCUT2D eigenvalue weighted by molar-refractivity contribution is -0.384. The number of rotatable bonds is 10. The van der Waals surface area contributed by atoms with Gasteiger partial charge >= 0.3 is 5.69 Å². The fraction of sp³-hybridized carbons (Fsp3) is 0.500. The van der Waals surface area contributed by atoms with Gasteiger partial charge in [-0.1, -0.05) is 71.9 Å². The number of hydrogen-bond acceptors (Lipinski definition) is 6. The van der Waals surface area contributed by atoms with Crippen LogP contribution >= 0.6 is 0 Å². The van der Waals surface area contributed by atoms with E-state index in [4.69, 9.17) is 8.85 Å². The average molecular weight is 568 g/mol. The first kappa shape index (κ1) is 30.8. The first-order valence-electron chi connectivity index (χ1n) is 13.6. The van der Waals surface area contributed by atoms with Gasteiger partial charge < -0.3 is 14.2 Å². The second-order valence-electron chi connectivity index (χ2n) is 13.4. The summed E-state index contributed by atoms with van der Waals surface area (Å²) in [4.78, 5) is 15.7. The van der Waals surface area contributed by atoms with E-state index in [0.29, 0.717) is 24.2 Å². The first-order chi connectivity index (χ1) is 17.9. The van der Waals surface area contributed by atoms with E-state index >= 15 is 0 Å². The minimum atomic E-state index is -2.12. The summed E-state index contributed by atoms with van der Waals surface area (Å²) in [5, 5.41) is 16.1. The van der Waals surface area contributed by atoms with Crippen molar-refractivity contribution in [3.05, 3.63) is 70.4 Å². The Balaban J connectivity index is 1.88. The van der Waals surface area contributed by atoms with Gasteiger partial charge in [-0.15, -0.1) is 0 Å². The molecule has 212 valence electrons. The van der Waals surface area contributed by atoms with E-state index in [1.165, 1.54) is 6.20 Å². The zero-order valence-corrected chi connectivity index (χ0v) is 27.2. The summed E-state index contributed by atoms with van der Waals surface area (Å²) in [6.07, 6.45) is 1.83. The smallest absolute Gasteiger partial charge is 0.311 e. The van der Waals surface area contributed by atoms with Crippen LogP contribution in [0.4, 0.5) is 11.4 Å². The van der Waals surface area contributed by atoms with Crippen LogP contribution in [0.25, 0.3) is 10.9 Å². The highest BCUT2D eigenvalue weighted by atomic mass is 28.4. The van der Waals surface area contributed by atoms with Crippen molar-refractivity contribution in [2.45, 2.75) is 90.3 Å². The largest absolute Gasteiger partial charge is 0.544 e. The molecule has 1 atom stereocenters. The molecule has 0 spiro atoms. The van der Waals surface area contributed by atoms with Crippen LogP contribution < -0.4 is 9.74 Å². The highest BCUT2D eigenvalue weighted by Crippen LogP contribution is 2.39. The van der Waals surface area contributed by atoms with Crippen LogP contribution in [0, 0.1) is 10.1 Å². The molecule has 0 bridgehead atoms. The van der Waals surface area contributed by atoms with Crippen LogP contribution in [0.1, 0.15) is 47.1 Å². The molecule has 0 aliphatic rings. The number of benzene rings is 2. The maximum absolute atomic E-state index is 11.8. The Bertz CT molecular complexity index is 1300. The molecule has 39 heavy (non-hydrogen) atoms. The summed E-state index contributed by atoms with van der Waals surface area (Å²) >= 11 is 0. The summed E-state index contributed by atoms with van der Waals surface area (Å²) in [6, 6.07) is 15.8. The highest BCUT2D eigenvalue weighted by molar-refractivity contribution is 6.75. The van der Waals surface area contributed by atoms with Crippen LogP contribution in [-0.4, -0.2) is 39.2 Å². The third kappa shape index (κ3) is 7.46. The van der Waals surface area contributed by atoms with Gasteiger partial charge in [0.25, 0.3) is 0 Å². The van der Waals surface area contributed by atoms with Crippen molar-refractivity contribution in [1.82, 2.24) is 4.98 Å². The molecular weight excluding hydrogens is 523 g/mol. The third-order valence-electron chi connectivity index (χ3n) is 8.29. The Kier molecular flexibility index (Phi) is 8.99. The number of aromatic nitrogens is 1. The van der Waals surface area contributed by atoms with E-state index in [1.54, 1.807) is 0 Å². The molecule has 0 saturated carbocycles. The second-order valence-corrected chi connectivity index (χ2v) is 22.9. The molecule has 1 aromatic heterocycles. The van der Waals surface area contributed by atoms with E-state index in [0.717, 1.165) is 16.7 Å². The van der Waals surface area contributed by atoms with E-state index in [9.17, 15) is 10.1 Å². The van der Waals surface area contributed by atoms with Gasteiger partial charge in [-0.25, -0.2) is 4.98 Å². The number of nitrogens with one attached hydrogen (secondary N) is 1. The number of fused-ring (bicyclic) bond motifs is 1. The lowest BCUT2D eigenvalue weighted by atomic mass is 10.1. The van der Waals surface area contributed by atoms with Crippen molar-refractivity contribution in [3.8, 4) is 5.75 Å². The molecular formula is C30H45N3O4Si2. The van der Waals surface area contributed by atoms with Crippen LogP contribution in [0.2, 0.25) is 36.3 Å². The van der Waals surface area contributed by atoms with Crippen LogP contribution in [0.15, 0.2) is 54.7 Å². The standard InChI is InChI=1S/C30H45N3O4Si2/c1-29(2,3)38(7,8)36-23-17-15-22(16-18-23)19-24(37-39(9,10)30(4,5)6)20-32-28-25-13-11-12-14-26(25)31-21-27(28)33(34)35/h11-18,21,24H,19-20H2,1-10H3,(H,31,32). The molecule has 2 aromatic carbocycles. The van der Waals surface area contributed by atoms with Crippen molar-refractivity contribution >= 4 is 38.9 Å². The molecule has 3 aromatic rings.